The summed E-state index contributed by atoms with van der Waals surface area (Å²) in [6.07, 6.45) is 0.961. The molecule has 0 spiro atoms. The van der Waals surface area contributed by atoms with Gasteiger partial charge in [-0.1, -0.05) is 6.07 Å². The number of nitrogens with one attached hydrogen (secondary N) is 3. The first kappa shape index (κ1) is 13.5. The summed E-state index contributed by atoms with van der Waals surface area (Å²) in [7, 11) is 0. The van der Waals surface area contributed by atoms with E-state index in [4.69, 9.17) is 0 Å². The van der Waals surface area contributed by atoms with Crippen LogP contribution in [0.4, 0.5) is 0 Å². The molecule has 5 nitrogen and oxygen atoms in total. The molecular formula is C14H19N3O2. The van der Waals surface area contributed by atoms with Crippen LogP contribution in [-0.2, 0) is 17.8 Å². The molecule has 0 atom stereocenters. The lowest BCUT2D eigenvalue weighted by atomic mass is 9.98. The Bertz CT molecular complexity index is 486. The smallest absolute Gasteiger partial charge is 0.251 e. The van der Waals surface area contributed by atoms with Crippen molar-refractivity contribution in [3.8, 4) is 0 Å². The normalized spacial score (nSPS) is 13.5. The van der Waals surface area contributed by atoms with Crippen LogP contribution >= 0.6 is 0 Å². The van der Waals surface area contributed by atoms with E-state index >= 15 is 0 Å². The molecule has 0 aromatic heterocycles. The Morgan fingerprint density at radius 2 is 2.00 bits per heavy atom. The zero-order valence-corrected chi connectivity index (χ0v) is 11.1. The van der Waals surface area contributed by atoms with E-state index in [9.17, 15) is 9.59 Å². The third-order valence-electron chi connectivity index (χ3n) is 3.14. The summed E-state index contributed by atoms with van der Waals surface area (Å²) in [5, 5.41) is 8.73. The van der Waals surface area contributed by atoms with Crippen molar-refractivity contribution in [3.63, 3.8) is 0 Å². The average Bonchev–Trinajstić information content (AvgIpc) is 2.42. The molecule has 0 unspecified atom stereocenters. The minimum atomic E-state index is -0.0910. The fourth-order valence-corrected chi connectivity index (χ4v) is 2.14. The van der Waals surface area contributed by atoms with E-state index in [1.54, 1.807) is 0 Å². The molecule has 1 aliphatic heterocycles. The molecule has 1 aromatic carbocycles. The molecule has 5 heteroatoms. The van der Waals surface area contributed by atoms with E-state index < -0.39 is 0 Å². The predicted octanol–water partition coefficient (Wildman–Crippen LogP) is 0.198. The Labute approximate surface area is 112 Å². The molecule has 3 N–H and O–H groups in total. The van der Waals surface area contributed by atoms with E-state index in [0.717, 1.165) is 19.5 Å². The van der Waals surface area contributed by atoms with Crippen LogP contribution in [0.2, 0.25) is 0 Å². The zero-order valence-electron chi connectivity index (χ0n) is 11.1. The van der Waals surface area contributed by atoms with E-state index in [-0.39, 0.29) is 11.8 Å². The Hall–Kier alpha value is -1.88. The van der Waals surface area contributed by atoms with Gasteiger partial charge >= 0.3 is 0 Å². The molecule has 0 fully saturated rings. The minimum absolute atomic E-state index is 0.0875. The number of carbonyl (C=O) groups is 2. The van der Waals surface area contributed by atoms with Crippen LogP contribution in [0.15, 0.2) is 18.2 Å². The van der Waals surface area contributed by atoms with Crippen LogP contribution in [0, 0.1) is 0 Å². The minimum Gasteiger partial charge on any atom is -0.355 e. The molecular weight excluding hydrogens is 242 g/mol. The van der Waals surface area contributed by atoms with Crippen molar-refractivity contribution >= 4 is 11.8 Å². The van der Waals surface area contributed by atoms with Crippen LogP contribution in [0.25, 0.3) is 0 Å². The van der Waals surface area contributed by atoms with Gasteiger partial charge in [-0.3, -0.25) is 9.59 Å². The fraction of sp³-hybridized carbons (Fsp3) is 0.429. The maximum Gasteiger partial charge on any atom is 0.251 e. The van der Waals surface area contributed by atoms with E-state index in [0.29, 0.717) is 18.7 Å². The van der Waals surface area contributed by atoms with Gasteiger partial charge in [0.05, 0.1) is 0 Å². The molecule has 0 saturated heterocycles. The molecule has 19 heavy (non-hydrogen) atoms. The van der Waals surface area contributed by atoms with Crippen molar-refractivity contribution in [2.75, 3.05) is 19.6 Å². The third kappa shape index (κ3) is 3.79. The van der Waals surface area contributed by atoms with Gasteiger partial charge in [-0.2, -0.15) is 0 Å². The van der Waals surface area contributed by atoms with Gasteiger partial charge < -0.3 is 16.0 Å². The molecule has 1 heterocycles. The summed E-state index contributed by atoms with van der Waals surface area (Å²) < 4.78 is 0. The molecule has 1 aliphatic rings. The second kappa shape index (κ2) is 6.33. The highest BCUT2D eigenvalue weighted by molar-refractivity contribution is 5.94. The van der Waals surface area contributed by atoms with Crippen LogP contribution in [0.5, 0.6) is 0 Å². The topological polar surface area (TPSA) is 70.2 Å². The van der Waals surface area contributed by atoms with Crippen molar-refractivity contribution in [2.45, 2.75) is 19.9 Å². The molecule has 0 saturated carbocycles. The number of fused-ring (bicyclic) bond motifs is 1. The molecule has 2 rings (SSSR count). The fourth-order valence-electron chi connectivity index (χ4n) is 2.14. The molecule has 0 bridgehead atoms. The summed E-state index contributed by atoms with van der Waals surface area (Å²) in [6, 6.07) is 5.81. The van der Waals surface area contributed by atoms with Crippen LogP contribution < -0.4 is 16.0 Å². The van der Waals surface area contributed by atoms with Crippen molar-refractivity contribution in [1.82, 2.24) is 16.0 Å². The standard InChI is InChI=1S/C14H19N3O2/c1-10(18)16-6-7-17-14(19)12-2-3-13-9-15-5-4-11(13)8-12/h2-3,8,15H,4-7,9H2,1H3,(H,16,18)(H,17,19). The average molecular weight is 261 g/mol. The SMILES string of the molecule is CC(=O)NCCNC(=O)c1ccc2c(c1)CCNC2. The lowest BCUT2D eigenvalue weighted by Crippen LogP contribution is -2.33. The summed E-state index contributed by atoms with van der Waals surface area (Å²) in [6.45, 7) is 4.19. The largest absolute Gasteiger partial charge is 0.355 e. The maximum absolute atomic E-state index is 11.9. The van der Waals surface area contributed by atoms with Crippen molar-refractivity contribution in [1.29, 1.82) is 0 Å². The van der Waals surface area contributed by atoms with E-state index in [1.165, 1.54) is 18.1 Å². The zero-order chi connectivity index (χ0) is 13.7. The monoisotopic (exact) mass is 261 g/mol. The third-order valence-corrected chi connectivity index (χ3v) is 3.14. The molecule has 2 amide bonds. The van der Waals surface area contributed by atoms with E-state index in [1.807, 2.05) is 18.2 Å². The Balaban J connectivity index is 1.90. The van der Waals surface area contributed by atoms with Gasteiger partial charge in [-0.25, -0.2) is 0 Å². The summed E-state index contributed by atoms with van der Waals surface area (Å²) in [5.74, 6) is -0.179. The van der Waals surface area contributed by atoms with Crippen molar-refractivity contribution < 1.29 is 9.59 Å². The highest BCUT2D eigenvalue weighted by atomic mass is 16.2. The van der Waals surface area contributed by atoms with Crippen LogP contribution in [0.3, 0.4) is 0 Å². The second-order valence-electron chi connectivity index (χ2n) is 4.65. The van der Waals surface area contributed by atoms with Crippen LogP contribution in [0.1, 0.15) is 28.4 Å². The first-order valence-corrected chi connectivity index (χ1v) is 6.52. The highest BCUT2D eigenvalue weighted by Crippen LogP contribution is 2.15. The van der Waals surface area contributed by atoms with Crippen molar-refractivity contribution in [3.05, 3.63) is 34.9 Å². The van der Waals surface area contributed by atoms with Gasteiger partial charge in [0, 0.05) is 32.1 Å². The van der Waals surface area contributed by atoms with E-state index in [2.05, 4.69) is 16.0 Å². The van der Waals surface area contributed by atoms with Crippen LogP contribution in [-0.4, -0.2) is 31.4 Å². The van der Waals surface area contributed by atoms with Gasteiger partial charge in [0.2, 0.25) is 5.91 Å². The quantitative estimate of drug-likeness (QED) is 0.678. The van der Waals surface area contributed by atoms with Gasteiger partial charge in [-0.05, 0) is 36.2 Å². The Morgan fingerprint density at radius 3 is 2.79 bits per heavy atom. The Kier molecular flexibility index (Phi) is 4.52. The number of carbonyl (C=O) groups excluding carboxylic acids is 2. The first-order valence-electron chi connectivity index (χ1n) is 6.52. The van der Waals surface area contributed by atoms with Gasteiger partial charge in [-0.15, -0.1) is 0 Å². The van der Waals surface area contributed by atoms with Gasteiger partial charge in [0.1, 0.15) is 0 Å². The van der Waals surface area contributed by atoms with Crippen molar-refractivity contribution in [2.24, 2.45) is 0 Å². The maximum atomic E-state index is 11.9. The summed E-state index contributed by atoms with van der Waals surface area (Å²) in [4.78, 5) is 22.6. The molecule has 0 radical (unpaired) electrons. The highest BCUT2D eigenvalue weighted by Gasteiger charge is 2.12. The number of hydrogen-bond donors (Lipinski definition) is 3. The Morgan fingerprint density at radius 1 is 1.21 bits per heavy atom. The lowest BCUT2D eigenvalue weighted by Gasteiger charge is -2.17. The number of amides is 2. The van der Waals surface area contributed by atoms with Gasteiger partial charge in [0.25, 0.3) is 5.91 Å². The number of rotatable bonds is 4. The number of benzene rings is 1. The molecule has 0 aliphatic carbocycles. The van der Waals surface area contributed by atoms with Gasteiger partial charge in [0.15, 0.2) is 0 Å². The summed E-state index contributed by atoms with van der Waals surface area (Å²) in [5.41, 5.74) is 3.19. The summed E-state index contributed by atoms with van der Waals surface area (Å²) >= 11 is 0. The molecule has 102 valence electrons. The lowest BCUT2D eigenvalue weighted by molar-refractivity contribution is -0.118. The molecule has 1 aromatic rings. The first-order chi connectivity index (χ1) is 9.16. The second-order valence-corrected chi connectivity index (χ2v) is 4.65. The number of hydrogen-bond acceptors (Lipinski definition) is 3. The predicted molar refractivity (Wildman–Crippen MR) is 72.9 cm³/mol.